The second kappa shape index (κ2) is 5.08. The average molecular weight is 340 g/mol. The van der Waals surface area contributed by atoms with E-state index in [0.717, 1.165) is 42.9 Å². The third-order valence-corrected chi connectivity index (χ3v) is 7.02. The van der Waals surface area contributed by atoms with Crippen molar-refractivity contribution < 1.29 is 14.6 Å². The number of hydrogen-bond donors (Lipinski definition) is 2. The van der Waals surface area contributed by atoms with E-state index in [1.165, 1.54) is 12.7 Å². The maximum absolute atomic E-state index is 12.8. The summed E-state index contributed by atoms with van der Waals surface area (Å²) >= 11 is 0. The Kier molecular flexibility index (Phi) is 3.13. The molecule has 1 aromatic rings. The van der Waals surface area contributed by atoms with Crippen LogP contribution in [-0.2, 0) is 14.9 Å². The van der Waals surface area contributed by atoms with E-state index < -0.39 is 6.10 Å². The third kappa shape index (κ3) is 1.78. The summed E-state index contributed by atoms with van der Waals surface area (Å²) in [7, 11) is 1.46. The van der Waals surface area contributed by atoms with E-state index in [2.05, 4.69) is 28.4 Å². The molecule has 3 heterocycles. The van der Waals surface area contributed by atoms with Crippen LogP contribution >= 0.6 is 0 Å². The number of hydrogen-bond acceptors (Lipinski definition) is 5. The van der Waals surface area contributed by atoms with Crippen molar-refractivity contribution in [1.82, 2.24) is 4.90 Å². The Labute approximate surface area is 147 Å². The van der Waals surface area contributed by atoms with Crippen LogP contribution in [0.25, 0.3) is 0 Å². The van der Waals surface area contributed by atoms with Gasteiger partial charge in [-0.2, -0.15) is 0 Å². The summed E-state index contributed by atoms with van der Waals surface area (Å²) in [6.07, 6.45) is 1.49. The predicted octanol–water partition coefficient (Wildman–Crippen LogP) is 1.88. The van der Waals surface area contributed by atoms with Crippen molar-refractivity contribution in [2.75, 3.05) is 25.5 Å². The number of fused-ring (bicyclic) bond motifs is 2. The minimum atomic E-state index is -0.442. The molecule has 1 unspecified atom stereocenters. The molecule has 3 aliphatic heterocycles. The molecule has 2 saturated heterocycles. The topological polar surface area (TPSA) is 61.8 Å². The number of benzene rings is 1. The van der Waals surface area contributed by atoms with E-state index in [0.29, 0.717) is 6.04 Å². The number of rotatable bonds is 2. The fourth-order valence-corrected chi connectivity index (χ4v) is 5.98. The molecule has 4 aliphatic rings. The summed E-state index contributed by atoms with van der Waals surface area (Å²) in [5, 5.41) is 14.0. The van der Waals surface area contributed by atoms with Gasteiger partial charge in [0.15, 0.2) is 0 Å². The van der Waals surface area contributed by atoms with Crippen molar-refractivity contribution in [3.63, 3.8) is 0 Å². The number of aliphatic hydroxyl groups excluding tert-OH is 1. The smallest absolute Gasteiger partial charge is 0.335 e. The molecule has 2 bridgehead atoms. The number of nitrogens with one attached hydrogen (secondary N) is 1. The van der Waals surface area contributed by atoms with Gasteiger partial charge in [-0.1, -0.05) is 18.2 Å². The van der Waals surface area contributed by atoms with E-state index in [9.17, 15) is 9.90 Å². The lowest BCUT2D eigenvalue weighted by molar-refractivity contribution is -0.138. The van der Waals surface area contributed by atoms with Crippen molar-refractivity contribution in [1.29, 1.82) is 0 Å². The molecule has 0 radical (unpaired) electrons. The number of ether oxygens (including phenoxy) is 1. The first-order valence-corrected chi connectivity index (χ1v) is 9.19. The zero-order valence-electron chi connectivity index (χ0n) is 14.7. The quantitative estimate of drug-likeness (QED) is 0.805. The Morgan fingerprint density at radius 3 is 3.00 bits per heavy atom. The van der Waals surface area contributed by atoms with Gasteiger partial charge in [0.25, 0.3) is 0 Å². The fraction of sp³-hybridized carbons (Fsp3) is 0.550. The number of para-hydroxylation sites is 1. The second-order valence-corrected chi connectivity index (χ2v) is 7.93. The molecule has 1 spiro atoms. The highest BCUT2D eigenvalue weighted by Crippen LogP contribution is 2.61. The molecule has 2 fully saturated rings. The lowest BCUT2D eigenvalue weighted by atomic mass is 9.60. The Morgan fingerprint density at radius 2 is 2.24 bits per heavy atom. The number of piperidine rings is 1. The number of aliphatic hydroxyl groups is 1. The molecule has 2 N–H and O–H groups in total. The molecule has 1 aromatic carbocycles. The molecule has 1 aliphatic carbocycles. The molecule has 132 valence electrons. The molecule has 25 heavy (non-hydrogen) atoms. The predicted molar refractivity (Wildman–Crippen MR) is 94.0 cm³/mol. The lowest BCUT2D eigenvalue weighted by Gasteiger charge is -2.51. The Hall–Kier alpha value is -1.85. The Bertz CT molecular complexity index is 787. The number of nitrogens with zero attached hydrogens (tertiary/aromatic N) is 1. The van der Waals surface area contributed by atoms with Gasteiger partial charge in [-0.25, -0.2) is 4.79 Å². The number of carbonyl (C=O) groups excluding carboxylic acids is 1. The first kappa shape index (κ1) is 15.4. The third-order valence-electron chi connectivity index (χ3n) is 7.02. The summed E-state index contributed by atoms with van der Waals surface area (Å²) < 4.78 is 5.19. The van der Waals surface area contributed by atoms with Crippen LogP contribution in [0, 0.1) is 11.8 Å². The lowest BCUT2D eigenvalue weighted by Crippen LogP contribution is -2.57. The SMILES string of the molecule is COC(=O)C1=C2Nc3ccccc3[C@@]23CCN2C[C@H](C(C)O)[C@@H]1C[C@H]23. The van der Waals surface area contributed by atoms with Crippen LogP contribution in [0.5, 0.6) is 0 Å². The van der Waals surface area contributed by atoms with Crippen LogP contribution in [0.1, 0.15) is 25.3 Å². The molecule has 5 nitrogen and oxygen atoms in total. The Balaban J connectivity index is 1.78. The minimum absolute atomic E-state index is 0.0525. The molecular weight excluding hydrogens is 316 g/mol. The van der Waals surface area contributed by atoms with Crippen molar-refractivity contribution in [2.45, 2.75) is 37.3 Å². The zero-order valence-corrected chi connectivity index (χ0v) is 14.7. The standard InChI is InChI=1S/C20H24N2O3/c1-11(23)13-10-22-8-7-20-14-5-3-4-6-15(14)21-18(20)17(19(24)25-2)12(13)9-16(20)22/h3-6,11-13,16,21,23H,7-10H2,1-2H3/t11?,12-,13+,16-,20+/m0/s1. The number of anilines is 1. The Morgan fingerprint density at radius 1 is 1.44 bits per heavy atom. The summed E-state index contributed by atoms with van der Waals surface area (Å²) in [6, 6.07) is 8.83. The summed E-state index contributed by atoms with van der Waals surface area (Å²) in [6.45, 7) is 3.71. The van der Waals surface area contributed by atoms with Crippen molar-refractivity contribution >= 4 is 11.7 Å². The van der Waals surface area contributed by atoms with E-state index in [1.807, 2.05) is 13.0 Å². The molecule has 0 aromatic heterocycles. The van der Waals surface area contributed by atoms with Crippen LogP contribution < -0.4 is 5.32 Å². The highest BCUT2D eigenvalue weighted by Gasteiger charge is 2.63. The van der Waals surface area contributed by atoms with E-state index in [-0.39, 0.29) is 23.2 Å². The van der Waals surface area contributed by atoms with Gasteiger partial charge in [-0.15, -0.1) is 0 Å². The van der Waals surface area contributed by atoms with Crippen LogP contribution in [0.15, 0.2) is 35.5 Å². The van der Waals surface area contributed by atoms with E-state index in [1.54, 1.807) is 0 Å². The zero-order chi connectivity index (χ0) is 17.3. The van der Waals surface area contributed by atoms with Gasteiger partial charge >= 0.3 is 5.97 Å². The maximum atomic E-state index is 12.8. The summed E-state index contributed by atoms with van der Waals surface area (Å²) in [5.41, 5.74) is 4.10. The molecule has 5 rings (SSSR count). The molecule has 5 heteroatoms. The van der Waals surface area contributed by atoms with Gasteiger partial charge in [-0.3, -0.25) is 4.90 Å². The molecular formula is C20H24N2O3. The van der Waals surface area contributed by atoms with Crippen molar-refractivity contribution in [3.8, 4) is 0 Å². The number of esters is 1. The molecule has 0 amide bonds. The summed E-state index contributed by atoms with van der Waals surface area (Å²) in [4.78, 5) is 15.3. The minimum Gasteiger partial charge on any atom is -0.466 e. The van der Waals surface area contributed by atoms with Crippen LogP contribution in [0.4, 0.5) is 5.69 Å². The van der Waals surface area contributed by atoms with Gasteiger partial charge in [-0.05, 0) is 37.9 Å². The van der Waals surface area contributed by atoms with Crippen molar-refractivity contribution in [2.24, 2.45) is 11.8 Å². The fourth-order valence-electron chi connectivity index (χ4n) is 5.98. The van der Waals surface area contributed by atoms with Crippen LogP contribution in [0.3, 0.4) is 0 Å². The van der Waals surface area contributed by atoms with Crippen LogP contribution in [0.2, 0.25) is 0 Å². The highest BCUT2D eigenvalue weighted by atomic mass is 16.5. The highest BCUT2D eigenvalue weighted by molar-refractivity contribution is 5.93. The average Bonchev–Trinajstić information content (AvgIpc) is 3.17. The van der Waals surface area contributed by atoms with Crippen LogP contribution in [-0.4, -0.2) is 48.3 Å². The molecule has 5 atom stereocenters. The van der Waals surface area contributed by atoms with E-state index in [4.69, 9.17) is 4.74 Å². The maximum Gasteiger partial charge on any atom is 0.335 e. The van der Waals surface area contributed by atoms with Gasteiger partial charge < -0.3 is 15.2 Å². The van der Waals surface area contributed by atoms with Gasteiger partial charge in [0, 0.05) is 35.8 Å². The van der Waals surface area contributed by atoms with Gasteiger partial charge in [0.1, 0.15) is 0 Å². The monoisotopic (exact) mass is 340 g/mol. The normalized spacial score (nSPS) is 36.5. The molecule has 0 saturated carbocycles. The van der Waals surface area contributed by atoms with Gasteiger partial charge in [0.2, 0.25) is 0 Å². The van der Waals surface area contributed by atoms with E-state index >= 15 is 0 Å². The summed E-state index contributed by atoms with van der Waals surface area (Å²) in [5.74, 6) is -0.125. The van der Waals surface area contributed by atoms with Gasteiger partial charge in [0.05, 0.1) is 24.2 Å². The van der Waals surface area contributed by atoms with Crippen molar-refractivity contribution in [3.05, 3.63) is 41.1 Å². The first-order valence-electron chi connectivity index (χ1n) is 9.19. The number of carbonyl (C=O) groups is 1. The largest absolute Gasteiger partial charge is 0.466 e. The second-order valence-electron chi connectivity index (χ2n) is 7.93. The first-order chi connectivity index (χ1) is 12.1. The number of methoxy groups -OCH3 is 1.